The zero-order chi connectivity index (χ0) is 14.9. The molecule has 1 saturated carbocycles. The van der Waals surface area contributed by atoms with Gasteiger partial charge in [0.15, 0.2) is 5.78 Å². The fourth-order valence-electron chi connectivity index (χ4n) is 2.80. The molecule has 0 heterocycles. The summed E-state index contributed by atoms with van der Waals surface area (Å²) in [5, 5.41) is 0. The number of alkyl halides is 2. The topological polar surface area (TPSA) is 26.3 Å². The predicted molar refractivity (Wildman–Crippen MR) is 73.7 cm³/mol. The van der Waals surface area contributed by atoms with Gasteiger partial charge in [-0.15, -0.1) is 0 Å². The first kappa shape index (κ1) is 14.9. The number of rotatable bonds is 3. The molecule has 1 fully saturated rings. The van der Waals surface area contributed by atoms with Gasteiger partial charge in [0.2, 0.25) is 5.92 Å². The second-order valence-electron chi connectivity index (χ2n) is 5.63. The largest absolute Gasteiger partial charge is 0.496 e. The van der Waals surface area contributed by atoms with Gasteiger partial charge in [-0.1, -0.05) is 0 Å². The van der Waals surface area contributed by atoms with E-state index in [9.17, 15) is 13.6 Å². The number of carbonyl (C=O) groups is 1. The number of ketones is 1. The minimum Gasteiger partial charge on any atom is -0.496 e. The quantitative estimate of drug-likeness (QED) is 0.772. The van der Waals surface area contributed by atoms with Gasteiger partial charge in [-0.3, -0.25) is 4.79 Å². The molecule has 1 aromatic carbocycles. The van der Waals surface area contributed by atoms with Crippen LogP contribution in [0.2, 0.25) is 0 Å². The van der Waals surface area contributed by atoms with E-state index in [-0.39, 0.29) is 37.4 Å². The van der Waals surface area contributed by atoms with Crippen LogP contribution in [-0.4, -0.2) is 18.8 Å². The summed E-state index contributed by atoms with van der Waals surface area (Å²) >= 11 is 0. The van der Waals surface area contributed by atoms with Crippen molar-refractivity contribution in [2.75, 3.05) is 7.11 Å². The fourth-order valence-corrected chi connectivity index (χ4v) is 2.80. The molecule has 0 amide bonds. The average Bonchev–Trinajstić information content (AvgIpc) is 2.40. The number of hydrogen-bond acceptors (Lipinski definition) is 2. The van der Waals surface area contributed by atoms with Gasteiger partial charge < -0.3 is 4.74 Å². The standard InChI is InChI=1S/C16H20F2O2/c1-10-9-14(20-3)11(2)8-13(10)15(19)12-4-6-16(17,18)7-5-12/h8-9,12H,4-7H2,1-3H3. The molecule has 1 aliphatic carbocycles. The maximum Gasteiger partial charge on any atom is 0.248 e. The maximum absolute atomic E-state index is 13.2. The summed E-state index contributed by atoms with van der Waals surface area (Å²) in [4.78, 5) is 12.5. The third kappa shape index (κ3) is 3.00. The van der Waals surface area contributed by atoms with Crippen molar-refractivity contribution in [2.24, 2.45) is 5.92 Å². The highest BCUT2D eigenvalue weighted by molar-refractivity contribution is 5.99. The molecule has 1 aromatic rings. The highest BCUT2D eigenvalue weighted by Gasteiger charge is 2.37. The third-order valence-corrected chi connectivity index (χ3v) is 4.10. The lowest BCUT2D eigenvalue weighted by Crippen LogP contribution is -2.29. The van der Waals surface area contributed by atoms with Gasteiger partial charge in [-0.25, -0.2) is 8.78 Å². The molecule has 2 nitrogen and oxygen atoms in total. The Hall–Kier alpha value is -1.45. The average molecular weight is 282 g/mol. The molecule has 0 aromatic heterocycles. The highest BCUT2D eigenvalue weighted by Crippen LogP contribution is 2.38. The molecular formula is C16H20F2O2. The molecule has 0 aliphatic heterocycles. The van der Waals surface area contributed by atoms with Gasteiger partial charge >= 0.3 is 0 Å². The highest BCUT2D eigenvalue weighted by atomic mass is 19.3. The lowest BCUT2D eigenvalue weighted by atomic mass is 9.81. The van der Waals surface area contributed by atoms with Crippen molar-refractivity contribution in [1.29, 1.82) is 0 Å². The van der Waals surface area contributed by atoms with Crippen molar-refractivity contribution < 1.29 is 18.3 Å². The molecule has 0 unspecified atom stereocenters. The van der Waals surface area contributed by atoms with Crippen molar-refractivity contribution in [3.63, 3.8) is 0 Å². The molecule has 4 heteroatoms. The van der Waals surface area contributed by atoms with E-state index < -0.39 is 5.92 Å². The second-order valence-corrected chi connectivity index (χ2v) is 5.63. The molecule has 0 spiro atoms. The van der Waals surface area contributed by atoms with E-state index >= 15 is 0 Å². The van der Waals surface area contributed by atoms with E-state index in [2.05, 4.69) is 0 Å². The number of hydrogen-bond donors (Lipinski definition) is 0. The van der Waals surface area contributed by atoms with Gasteiger partial charge in [-0.05, 0) is 49.9 Å². The van der Waals surface area contributed by atoms with Crippen molar-refractivity contribution in [3.8, 4) is 5.75 Å². The van der Waals surface area contributed by atoms with Gasteiger partial charge in [0.25, 0.3) is 0 Å². The molecule has 20 heavy (non-hydrogen) atoms. The first-order valence-corrected chi connectivity index (χ1v) is 6.91. The Bertz CT molecular complexity index is 513. The number of methoxy groups -OCH3 is 1. The van der Waals surface area contributed by atoms with Crippen molar-refractivity contribution in [2.45, 2.75) is 45.5 Å². The van der Waals surface area contributed by atoms with Crippen LogP contribution in [0.4, 0.5) is 8.78 Å². The van der Waals surface area contributed by atoms with Crippen molar-refractivity contribution in [1.82, 2.24) is 0 Å². The van der Waals surface area contributed by atoms with E-state index in [1.54, 1.807) is 7.11 Å². The monoisotopic (exact) mass is 282 g/mol. The van der Waals surface area contributed by atoms with E-state index in [1.165, 1.54) is 0 Å². The van der Waals surface area contributed by atoms with Crippen LogP contribution >= 0.6 is 0 Å². The minimum absolute atomic E-state index is 0.0104. The van der Waals surface area contributed by atoms with Crippen LogP contribution in [0.25, 0.3) is 0 Å². The van der Waals surface area contributed by atoms with Gasteiger partial charge in [0.05, 0.1) is 7.11 Å². The van der Waals surface area contributed by atoms with Crippen LogP contribution in [-0.2, 0) is 0 Å². The number of benzene rings is 1. The molecular weight excluding hydrogens is 262 g/mol. The molecule has 0 N–H and O–H groups in total. The summed E-state index contributed by atoms with van der Waals surface area (Å²) < 4.78 is 31.5. The van der Waals surface area contributed by atoms with Crippen LogP contribution in [0.5, 0.6) is 5.75 Å². The molecule has 0 saturated heterocycles. The van der Waals surface area contributed by atoms with Crippen LogP contribution in [0.1, 0.15) is 47.2 Å². The summed E-state index contributed by atoms with van der Waals surface area (Å²) in [7, 11) is 1.59. The number of Topliss-reactive ketones (excluding diaryl/α,β-unsaturated/α-hetero) is 1. The first-order valence-electron chi connectivity index (χ1n) is 6.91. The normalized spacial score (nSPS) is 18.9. The maximum atomic E-state index is 13.2. The van der Waals surface area contributed by atoms with E-state index in [0.717, 1.165) is 16.9 Å². The smallest absolute Gasteiger partial charge is 0.248 e. The number of ether oxygens (including phenoxy) is 1. The van der Waals surface area contributed by atoms with Crippen molar-refractivity contribution in [3.05, 3.63) is 28.8 Å². The summed E-state index contributed by atoms with van der Waals surface area (Å²) in [6.07, 6.45) is 0.182. The number of halogens is 2. The zero-order valence-corrected chi connectivity index (χ0v) is 12.1. The van der Waals surface area contributed by atoms with Crippen LogP contribution in [0.15, 0.2) is 12.1 Å². The van der Waals surface area contributed by atoms with Crippen LogP contribution < -0.4 is 4.74 Å². The van der Waals surface area contributed by atoms with Crippen molar-refractivity contribution >= 4 is 5.78 Å². The predicted octanol–water partition coefficient (Wildman–Crippen LogP) is 4.32. The molecule has 0 atom stereocenters. The minimum atomic E-state index is -2.60. The Labute approximate surface area is 118 Å². The van der Waals surface area contributed by atoms with Gasteiger partial charge in [0.1, 0.15) is 5.75 Å². The Balaban J connectivity index is 2.20. The van der Waals surface area contributed by atoms with E-state index in [0.29, 0.717) is 5.56 Å². The lowest BCUT2D eigenvalue weighted by Gasteiger charge is -2.27. The zero-order valence-electron chi connectivity index (χ0n) is 12.1. The van der Waals surface area contributed by atoms with E-state index in [1.807, 2.05) is 26.0 Å². The molecule has 0 radical (unpaired) electrons. The number of carbonyl (C=O) groups excluding carboxylic acids is 1. The van der Waals surface area contributed by atoms with Gasteiger partial charge in [-0.2, -0.15) is 0 Å². The third-order valence-electron chi connectivity index (χ3n) is 4.10. The SMILES string of the molecule is COc1cc(C)c(C(=O)C2CCC(F)(F)CC2)cc1C. The van der Waals surface area contributed by atoms with Crippen LogP contribution in [0.3, 0.4) is 0 Å². The molecule has 1 aliphatic rings. The lowest BCUT2D eigenvalue weighted by molar-refractivity contribution is -0.0424. The summed E-state index contributed by atoms with van der Waals surface area (Å²) in [6, 6.07) is 3.64. The summed E-state index contributed by atoms with van der Waals surface area (Å²) in [5.74, 6) is -2.14. The van der Waals surface area contributed by atoms with E-state index in [4.69, 9.17) is 4.74 Å². The molecule has 2 rings (SSSR count). The molecule has 110 valence electrons. The molecule has 0 bridgehead atoms. The summed E-state index contributed by atoms with van der Waals surface area (Å²) in [5.41, 5.74) is 2.37. The Morgan fingerprint density at radius 1 is 1.20 bits per heavy atom. The Kier molecular flexibility index (Phi) is 4.11. The number of aryl methyl sites for hydroxylation is 2. The second kappa shape index (κ2) is 5.51. The van der Waals surface area contributed by atoms with Crippen LogP contribution in [0, 0.1) is 19.8 Å². The fraction of sp³-hybridized carbons (Fsp3) is 0.562. The summed E-state index contributed by atoms with van der Waals surface area (Å²) in [6.45, 7) is 3.73. The first-order chi connectivity index (χ1) is 9.34. The Morgan fingerprint density at radius 2 is 1.80 bits per heavy atom. The van der Waals surface area contributed by atoms with Gasteiger partial charge in [0, 0.05) is 24.3 Å². The Morgan fingerprint density at radius 3 is 2.35 bits per heavy atom.